The van der Waals surface area contributed by atoms with E-state index in [1.54, 1.807) is 11.3 Å². The number of thiophene rings is 1. The zero-order valence-corrected chi connectivity index (χ0v) is 12.4. The standard InChI is InChI=1S/C13H20ClNO2S/c1-3-17-13(5-7-16-8-6-13)12(15-2)11-10(14)4-9-18-11/h4,9,12,15H,3,5-8H2,1-2H3. The maximum Gasteiger partial charge on any atom is 0.0928 e. The van der Waals surface area contributed by atoms with Crippen LogP contribution in [0.2, 0.25) is 5.02 Å². The fourth-order valence-electron chi connectivity index (χ4n) is 2.67. The van der Waals surface area contributed by atoms with E-state index < -0.39 is 0 Å². The summed E-state index contributed by atoms with van der Waals surface area (Å²) in [5, 5.41) is 6.24. The predicted molar refractivity (Wildman–Crippen MR) is 75.5 cm³/mol. The van der Waals surface area contributed by atoms with Crippen LogP contribution in [-0.4, -0.2) is 32.5 Å². The molecule has 1 aliphatic rings. The van der Waals surface area contributed by atoms with E-state index >= 15 is 0 Å². The van der Waals surface area contributed by atoms with Crippen molar-refractivity contribution in [3.05, 3.63) is 21.3 Å². The summed E-state index contributed by atoms with van der Waals surface area (Å²) < 4.78 is 11.6. The zero-order chi connectivity index (χ0) is 13.0. The second kappa shape index (κ2) is 6.35. The van der Waals surface area contributed by atoms with E-state index in [0.717, 1.165) is 36.0 Å². The summed E-state index contributed by atoms with van der Waals surface area (Å²) in [7, 11) is 1.97. The Kier molecular flexibility index (Phi) is 5.04. The first-order valence-corrected chi connectivity index (χ1v) is 7.61. The van der Waals surface area contributed by atoms with E-state index in [1.165, 1.54) is 0 Å². The van der Waals surface area contributed by atoms with Crippen molar-refractivity contribution in [3.8, 4) is 0 Å². The van der Waals surface area contributed by atoms with Crippen LogP contribution in [0.15, 0.2) is 11.4 Å². The van der Waals surface area contributed by atoms with Gasteiger partial charge in [0.1, 0.15) is 0 Å². The van der Waals surface area contributed by atoms with Crippen molar-refractivity contribution in [1.82, 2.24) is 5.32 Å². The Labute approximate surface area is 117 Å². The Balaban J connectivity index is 2.29. The molecule has 2 heterocycles. The predicted octanol–water partition coefficient (Wildman–Crippen LogP) is 3.25. The first kappa shape index (κ1) is 14.3. The van der Waals surface area contributed by atoms with E-state index in [1.807, 2.05) is 25.4 Å². The molecule has 2 rings (SSSR count). The number of rotatable bonds is 5. The molecule has 1 N–H and O–H groups in total. The fraction of sp³-hybridized carbons (Fsp3) is 0.692. The van der Waals surface area contributed by atoms with Gasteiger partial charge >= 0.3 is 0 Å². The highest BCUT2D eigenvalue weighted by Gasteiger charge is 2.42. The van der Waals surface area contributed by atoms with Gasteiger partial charge in [0.25, 0.3) is 0 Å². The Morgan fingerprint density at radius 3 is 2.78 bits per heavy atom. The summed E-state index contributed by atoms with van der Waals surface area (Å²) in [6.07, 6.45) is 1.81. The second-order valence-electron chi connectivity index (χ2n) is 4.46. The fourth-order valence-corrected chi connectivity index (χ4v) is 4.05. The molecule has 0 spiro atoms. The van der Waals surface area contributed by atoms with Crippen LogP contribution in [0.5, 0.6) is 0 Å². The molecule has 1 fully saturated rings. The Morgan fingerprint density at radius 1 is 1.56 bits per heavy atom. The van der Waals surface area contributed by atoms with Gasteiger partial charge in [0.15, 0.2) is 0 Å². The second-order valence-corrected chi connectivity index (χ2v) is 5.82. The lowest BCUT2D eigenvalue weighted by molar-refractivity contribution is -0.126. The molecular weight excluding hydrogens is 270 g/mol. The molecule has 0 radical (unpaired) electrons. The van der Waals surface area contributed by atoms with Gasteiger partial charge in [0.2, 0.25) is 0 Å². The Morgan fingerprint density at radius 2 is 2.28 bits per heavy atom. The molecule has 0 bridgehead atoms. The summed E-state index contributed by atoms with van der Waals surface area (Å²) in [4.78, 5) is 1.16. The highest BCUT2D eigenvalue weighted by molar-refractivity contribution is 7.10. The maximum absolute atomic E-state index is 6.28. The molecule has 1 saturated heterocycles. The molecule has 1 aromatic heterocycles. The summed E-state index contributed by atoms with van der Waals surface area (Å²) >= 11 is 7.96. The van der Waals surface area contributed by atoms with Crippen LogP contribution in [0.4, 0.5) is 0 Å². The van der Waals surface area contributed by atoms with Crippen LogP contribution in [0.1, 0.15) is 30.7 Å². The molecule has 102 valence electrons. The Bertz CT molecular complexity index is 371. The number of halogens is 1. The van der Waals surface area contributed by atoms with Gasteiger partial charge in [-0.05, 0) is 25.4 Å². The maximum atomic E-state index is 6.28. The molecule has 1 atom stereocenters. The van der Waals surface area contributed by atoms with Gasteiger partial charge in [-0.2, -0.15) is 0 Å². The molecule has 0 aromatic carbocycles. The number of nitrogens with one attached hydrogen (secondary N) is 1. The van der Waals surface area contributed by atoms with Crippen molar-refractivity contribution in [2.45, 2.75) is 31.4 Å². The third-order valence-corrected chi connectivity index (χ3v) is 4.92. The highest BCUT2D eigenvalue weighted by atomic mass is 35.5. The van der Waals surface area contributed by atoms with Crippen LogP contribution >= 0.6 is 22.9 Å². The SMILES string of the molecule is CCOC1(C(NC)c2sccc2Cl)CCOCC1. The summed E-state index contributed by atoms with van der Waals surface area (Å²) in [6, 6.07) is 2.08. The molecule has 0 aliphatic carbocycles. The average molecular weight is 290 g/mol. The van der Waals surface area contributed by atoms with Gasteiger partial charge < -0.3 is 14.8 Å². The smallest absolute Gasteiger partial charge is 0.0928 e. The molecule has 18 heavy (non-hydrogen) atoms. The number of hydrogen-bond donors (Lipinski definition) is 1. The monoisotopic (exact) mass is 289 g/mol. The summed E-state index contributed by atoms with van der Waals surface area (Å²) in [6.45, 7) is 4.25. The molecule has 3 nitrogen and oxygen atoms in total. The average Bonchev–Trinajstić information content (AvgIpc) is 2.78. The van der Waals surface area contributed by atoms with Crippen molar-refractivity contribution in [2.75, 3.05) is 26.9 Å². The van der Waals surface area contributed by atoms with Crippen LogP contribution < -0.4 is 5.32 Å². The van der Waals surface area contributed by atoms with Gasteiger partial charge in [0.05, 0.1) is 16.7 Å². The van der Waals surface area contributed by atoms with Gasteiger partial charge in [-0.3, -0.25) is 0 Å². The van der Waals surface area contributed by atoms with Crippen molar-refractivity contribution >= 4 is 22.9 Å². The van der Waals surface area contributed by atoms with Crippen LogP contribution in [0, 0.1) is 0 Å². The number of ether oxygens (including phenoxy) is 2. The van der Waals surface area contributed by atoms with E-state index in [9.17, 15) is 0 Å². The molecule has 1 unspecified atom stereocenters. The number of likely N-dealkylation sites (N-methyl/N-ethyl adjacent to an activating group) is 1. The molecular formula is C13H20ClNO2S. The minimum atomic E-state index is -0.198. The van der Waals surface area contributed by atoms with E-state index in [-0.39, 0.29) is 11.6 Å². The van der Waals surface area contributed by atoms with Crippen molar-refractivity contribution in [1.29, 1.82) is 0 Å². The lowest BCUT2D eigenvalue weighted by atomic mass is 9.85. The van der Waals surface area contributed by atoms with E-state index in [2.05, 4.69) is 5.32 Å². The first-order valence-electron chi connectivity index (χ1n) is 6.35. The van der Waals surface area contributed by atoms with Crippen LogP contribution in [-0.2, 0) is 9.47 Å². The van der Waals surface area contributed by atoms with Gasteiger partial charge in [-0.25, -0.2) is 0 Å². The van der Waals surface area contributed by atoms with Crippen LogP contribution in [0.25, 0.3) is 0 Å². The summed E-state index contributed by atoms with van der Waals surface area (Å²) in [5.41, 5.74) is -0.198. The van der Waals surface area contributed by atoms with E-state index in [0.29, 0.717) is 6.61 Å². The zero-order valence-electron chi connectivity index (χ0n) is 10.9. The Hall–Kier alpha value is -0.130. The molecule has 0 saturated carbocycles. The van der Waals surface area contributed by atoms with Crippen LogP contribution in [0.3, 0.4) is 0 Å². The molecule has 0 amide bonds. The van der Waals surface area contributed by atoms with Gasteiger partial charge in [-0.1, -0.05) is 11.6 Å². The molecule has 1 aliphatic heterocycles. The van der Waals surface area contributed by atoms with Gasteiger partial charge in [0, 0.05) is 37.5 Å². The molecule has 1 aromatic rings. The topological polar surface area (TPSA) is 30.5 Å². The van der Waals surface area contributed by atoms with E-state index in [4.69, 9.17) is 21.1 Å². The highest BCUT2D eigenvalue weighted by Crippen LogP contribution is 2.42. The van der Waals surface area contributed by atoms with Crippen molar-refractivity contribution < 1.29 is 9.47 Å². The minimum Gasteiger partial charge on any atom is -0.381 e. The van der Waals surface area contributed by atoms with Crippen molar-refractivity contribution in [2.24, 2.45) is 0 Å². The third-order valence-electron chi connectivity index (χ3n) is 3.49. The third kappa shape index (κ3) is 2.73. The van der Waals surface area contributed by atoms with Gasteiger partial charge in [-0.15, -0.1) is 11.3 Å². The minimum absolute atomic E-state index is 0.133. The molecule has 5 heteroatoms. The lowest BCUT2D eigenvalue weighted by Crippen LogP contribution is -2.49. The first-order chi connectivity index (χ1) is 8.73. The normalized spacial score (nSPS) is 20.8. The van der Waals surface area contributed by atoms with Crippen molar-refractivity contribution in [3.63, 3.8) is 0 Å². The largest absolute Gasteiger partial charge is 0.381 e. The lowest BCUT2D eigenvalue weighted by Gasteiger charge is -2.42. The quantitative estimate of drug-likeness (QED) is 0.903. The summed E-state index contributed by atoms with van der Waals surface area (Å²) in [5.74, 6) is 0. The number of hydrogen-bond acceptors (Lipinski definition) is 4.